The first-order valence-corrected chi connectivity index (χ1v) is 8.84. The van der Waals surface area contributed by atoms with Gasteiger partial charge in [-0.25, -0.2) is 8.42 Å². The van der Waals surface area contributed by atoms with Gasteiger partial charge in [-0.2, -0.15) is 16.1 Å². The van der Waals surface area contributed by atoms with Crippen LogP contribution < -0.4 is 10.9 Å². The molecule has 1 aliphatic rings. The molecule has 10 heteroatoms. The fraction of sp³-hybridized carbons (Fsp3) is 0.455. The van der Waals surface area contributed by atoms with E-state index in [4.69, 9.17) is 0 Å². The van der Waals surface area contributed by atoms with Crippen LogP contribution in [0.1, 0.15) is 17.4 Å². The van der Waals surface area contributed by atoms with Gasteiger partial charge in [-0.1, -0.05) is 0 Å². The van der Waals surface area contributed by atoms with Crippen LogP contribution in [0.5, 0.6) is 0 Å². The number of amides is 2. The minimum absolute atomic E-state index is 0.0439. The van der Waals surface area contributed by atoms with E-state index >= 15 is 0 Å². The van der Waals surface area contributed by atoms with Crippen LogP contribution >= 0.6 is 11.8 Å². The largest absolute Gasteiger partial charge is 0.356 e. The highest BCUT2D eigenvalue weighted by atomic mass is 32.2. The molecule has 8 nitrogen and oxygen atoms in total. The second kappa shape index (κ2) is 6.50. The predicted molar refractivity (Wildman–Crippen MR) is 78.2 cm³/mol. The van der Waals surface area contributed by atoms with Crippen molar-refractivity contribution in [2.45, 2.75) is 11.8 Å². The molecule has 0 unspecified atom stereocenters. The van der Waals surface area contributed by atoms with E-state index in [0.717, 1.165) is 11.5 Å². The third-order valence-corrected chi connectivity index (χ3v) is 5.68. The van der Waals surface area contributed by atoms with E-state index in [0.29, 0.717) is 13.1 Å². The van der Waals surface area contributed by atoms with Crippen molar-refractivity contribution in [3.8, 4) is 0 Å². The second-order valence-electron chi connectivity index (χ2n) is 4.40. The molecule has 1 fully saturated rings. The third kappa shape index (κ3) is 3.77. The number of hydrazine groups is 1. The number of aromatic nitrogens is 1. The van der Waals surface area contributed by atoms with E-state index in [1.165, 1.54) is 23.5 Å². The molecule has 2 heterocycles. The van der Waals surface area contributed by atoms with Crippen LogP contribution in [-0.4, -0.2) is 54.1 Å². The van der Waals surface area contributed by atoms with Crippen molar-refractivity contribution in [1.82, 2.24) is 20.1 Å². The minimum Gasteiger partial charge on any atom is -0.356 e. The molecule has 3 N–H and O–H groups in total. The Morgan fingerprint density at radius 3 is 2.57 bits per heavy atom. The number of H-pyrrole nitrogens is 1. The number of carbonyl (C=O) groups excluding carboxylic acids is 2. The van der Waals surface area contributed by atoms with Gasteiger partial charge in [0.05, 0.1) is 0 Å². The number of nitrogens with zero attached hydrogens (tertiary/aromatic N) is 1. The van der Waals surface area contributed by atoms with Crippen molar-refractivity contribution in [3.63, 3.8) is 0 Å². The van der Waals surface area contributed by atoms with Gasteiger partial charge in [0.25, 0.3) is 5.91 Å². The maximum atomic E-state index is 12.4. The first-order chi connectivity index (χ1) is 9.91. The number of nitrogens with one attached hydrogen (secondary N) is 3. The zero-order chi connectivity index (χ0) is 15.5. The van der Waals surface area contributed by atoms with Crippen LogP contribution in [0.15, 0.2) is 17.2 Å². The molecule has 0 radical (unpaired) electrons. The smallest absolute Gasteiger partial charge is 0.286 e. The number of aromatic amines is 1. The van der Waals surface area contributed by atoms with Crippen LogP contribution in [-0.2, 0) is 14.8 Å². The van der Waals surface area contributed by atoms with Crippen LogP contribution in [0.4, 0.5) is 0 Å². The molecule has 0 bridgehead atoms. The van der Waals surface area contributed by atoms with Gasteiger partial charge in [-0.05, 0) is 6.07 Å². The molecule has 21 heavy (non-hydrogen) atoms. The number of carbonyl (C=O) groups is 2. The van der Waals surface area contributed by atoms with E-state index in [2.05, 4.69) is 15.8 Å². The van der Waals surface area contributed by atoms with Crippen LogP contribution in [0.25, 0.3) is 0 Å². The van der Waals surface area contributed by atoms with Gasteiger partial charge in [-0.15, -0.1) is 0 Å². The van der Waals surface area contributed by atoms with Crippen molar-refractivity contribution in [2.24, 2.45) is 0 Å². The standard InChI is InChI=1S/C11H16N4O4S2/c1-8(16)13-14-11(17)10-6-9(7-12-10)21(18,19)15-2-4-20-5-3-15/h6-7,12H,2-5H2,1H3,(H,13,16)(H,14,17). The SMILES string of the molecule is CC(=O)NNC(=O)c1cc(S(=O)(=O)N2CCSCC2)c[nH]1. The number of thioether (sulfide) groups is 1. The van der Waals surface area contributed by atoms with Crippen molar-refractivity contribution < 1.29 is 18.0 Å². The molecule has 2 rings (SSSR count). The molecule has 1 aromatic rings. The normalized spacial score (nSPS) is 16.4. The van der Waals surface area contributed by atoms with Crippen molar-refractivity contribution in [1.29, 1.82) is 0 Å². The Hall–Kier alpha value is -1.52. The lowest BCUT2D eigenvalue weighted by Crippen LogP contribution is -2.40. The highest BCUT2D eigenvalue weighted by molar-refractivity contribution is 7.99. The Morgan fingerprint density at radius 2 is 1.95 bits per heavy atom. The van der Waals surface area contributed by atoms with Gasteiger partial charge in [0.2, 0.25) is 15.9 Å². The van der Waals surface area contributed by atoms with E-state index in [1.807, 2.05) is 0 Å². The summed E-state index contributed by atoms with van der Waals surface area (Å²) < 4.78 is 26.2. The van der Waals surface area contributed by atoms with Crippen LogP contribution in [0.2, 0.25) is 0 Å². The molecule has 1 aliphatic heterocycles. The number of hydrogen-bond acceptors (Lipinski definition) is 5. The van der Waals surface area contributed by atoms with Gasteiger partial charge in [0.15, 0.2) is 0 Å². The average Bonchev–Trinajstić information content (AvgIpc) is 2.96. The molecule has 0 atom stereocenters. The molecule has 0 aromatic carbocycles. The van der Waals surface area contributed by atoms with Gasteiger partial charge in [-0.3, -0.25) is 20.4 Å². The van der Waals surface area contributed by atoms with E-state index in [9.17, 15) is 18.0 Å². The number of rotatable bonds is 3. The fourth-order valence-corrected chi connectivity index (χ4v) is 4.37. The Bertz CT molecular complexity index is 634. The molecular formula is C11H16N4O4S2. The second-order valence-corrected chi connectivity index (χ2v) is 7.56. The first-order valence-electron chi connectivity index (χ1n) is 6.24. The molecule has 2 amide bonds. The van der Waals surface area contributed by atoms with Crippen LogP contribution in [0, 0.1) is 0 Å². The highest BCUT2D eigenvalue weighted by Crippen LogP contribution is 2.20. The lowest BCUT2D eigenvalue weighted by Gasteiger charge is -2.24. The average molecular weight is 332 g/mol. The summed E-state index contributed by atoms with van der Waals surface area (Å²) >= 11 is 1.71. The molecule has 1 saturated heterocycles. The topological polar surface area (TPSA) is 111 Å². The van der Waals surface area contributed by atoms with E-state index in [-0.39, 0.29) is 10.6 Å². The van der Waals surface area contributed by atoms with Gasteiger partial charge in [0, 0.05) is 37.7 Å². The first kappa shape index (κ1) is 15.9. The van der Waals surface area contributed by atoms with Crippen molar-refractivity contribution in [2.75, 3.05) is 24.6 Å². The Labute approximate surface area is 126 Å². The molecule has 1 aromatic heterocycles. The highest BCUT2D eigenvalue weighted by Gasteiger charge is 2.27. The lowest BCUT2D eigenvalue weighted by atomic mass is 10.4. The Morgan fingerprint density at radius 1 is 1.29 bits per heavy atom. The third-order valence-electron chi connectivity index (χ3n) is 2.86. The summed E-state index contributed by atoms with van der Waals surface area (Å²) in [5.41, 5.74) is 4.36. The van der Waals surface area contributed by atoms with Crippen molar-refractivity contribution >= 4 is 33.6 Å². The predicted octanol–water partition coefficient (Wildman–Crippen LogP) is -0.467. The summed E-state index contributed by atoms with van der Waals surface area (Å²) in [7, 11) is -3.58. The summed E-state index contributed by atoms with van der Waals surface area (Å²) in [5, 5.41) is 0. The maximum Gasteiger partial charge on any atom is 0.286 e. The van der Waals surface area contributed by atoms with E-state index in [1.54, 1.807) is 11.8 Å². The van der Waals surface area contributed by atoms with Crippen LogP contribution in [0.3, 0.4) is 0 Å². The lowest BCUT2D eigenvalue weighted by molar-refractivity contribution is -0.119. The summed E-state index contributed by atoms with van der Waals surface area (Å²) in [5.74, 6) is 0.494. The van der Waals surface area contributed by atoms with Crippen molar-refractivity contribution in [3.05, 3.63) is 18.0 Å². The van der Waals surface area contributed by atoms with E-state index < -0.39 is 21.8 Å². The zero-order valence-electron chi connectivity index (χ0n) is 11.4. The molecule has 116 valence electrons. The van der Waals surface area contributed by atoms with Gasteiger partial charge in [0.1, 0.15) is 10.6 Å². The Balaban J connectivity index is 2.11. The zero-order valence-corrected chi connectivity index (χ0v) is 13.0. The fourth-order valence-electron chi connectivity index (χ4n) is 1.80. The quantitative estimate of drug-likeness (QED) is 0.648. The molecule has 0 aliphatic carbocycles. The number of sulfonamides is 1. The molecule has 0 saturated carbocycles. The van der Waals surface area contributed by atoms with Gasteiger partial charge < -0.3 is 4.98 Å². The molecular weight excluding hydrogens is 316 g/mol. The number of hydrogen-bond donors (Lipinski definition) is 3. The monoisotopic (exact) mass is 332 g/mol. The maximum absolute atomic E-state index is 12.4. The van der Waals surface area contributed by atoms with Gasteiger partial charge >= 0.3 is 0 Å². The summed E-state index contributed by atoms with van der Waals surface area (Å²) in [6.07, 6.45) is 1.28. The Kier molecular flexibility index (Phi) is 4.91. The minimum atomic E-state index is -3.58. The summed E-state index contributed by atoms with van der Waals surface area (Å²) in [6.45, 7) is 2.18. The summed E-state index contributed by atoms with van der Waals surface area (Å²) in [4.78, 5) is 25.1. The molecule has 0 spiro atoms. The summed E-state index contributed by atoms with van der Waals surface area (Å²) in [6, 6.07) is 1.26.